The van der Waals surface area contributed by atoms with Crippen LogP contribution in [0.15, 0.2) is 36.5 Å². The fraction of sp³-hybridized carbons (Fsp3) is 0.667. The molecule has 12 heteroatoms. The first kappa shape index (κ1) is 36.7. The number of carbonyl (C=O) groups is 3. The van der Waals surface area contributed by atoms with E-state index < -0.39 is 57.6 Å². The molecule has 11 nitrogen and oxygen atoms in total. The molecule has 0 aliphatic carbocycles. The molecule has 39 heavy (non-hydrogen) atoms. The molecule has 0 spiro atoms. The van der Waals surface area contributed by atoms with Gasteiger partial charge >= 0.3 is 19.8 Å². The van der Waals surface area contributed by atoms with Gasteiger partial charge in [0, 0.05) is 12.8 Å². The number of unbranched alkanes of at least 4 members (excludes halogenated alkanes) is 4. The number of hydrogen-bond acceptors (Lipinski definition) is 8. The van der Waals surface area contributed by atoms with Crippen molar-refractivity contribution in [2.45, 2.75) is 96.6 Å². The van der Waals surface area contributed by atoms with Crippen LogP contribution in [0.1, 0.15) is 84.5 Å². The van der Waals surface area contributed by atoms with E-state index in [4.69, 9.17) is 9.84 Å². The molecule has 0 aromatic heterocycles. The van der Waals surface area contributed by atoms with Gasteiger partial charge in [-0.05, 0) is 44.9 Å². The van der Waals surface area contributed by atoms with Crippen molar-refractivity contribution >= 4 is 25.7 Å². The number of nitrogens with one attached hydrogen (secondary N) is 1. The minimum Gasteiger partial charge on any atom is -0.480 e. The van der Waals surface area contributed by atoms with Crippen LogP contribution < -0.4 is 5.32 Å². The largest absolute Gasteiger partial charge is 0.480 e. The zero-order valence-corrected chi connectivity index (χ0v) is 24.1. The lowest BCUT2D eigenvalue weighted by atomic mass is 10.1. The highest BCUT2D eigenvalue weighted by Gasteiger charge is 2.28. The Morgan fingerprint density at radius 3 is 2.13 bits per heavy atom. The van der Waals surface area contributed by atoms with E-state index in [9.17, 15) is 28.9 Å². The van der Waals surface area contributed by atoms with Gasteiger partial charge in [0.2, 0.25) is 5.91 Å². The van der Waals surface area contributed by atoms with Crippen LogP contribution in [0.3, 0.4) is 0 Å². The maximum Gasteiger partial charge on any atom is 0.472 e. The van der Waals surface area contributed by atoms with Crippen LogP contribution in [-0.4, -0.2) is 64.9 Å². The summed E-state index contributed by atoms with van der Waals surface area (Å²) in [6.07, 6.45) is 19.3. The molecule has 0 heterocycles. The number of phosphoric ester groups is 1. The molecule has 3 unspecified atom stereocenters. The van der Waals surface area contributed by atoms with E-state index in [-0.39, 0.29) is 12.8 Å². The zero-order chi connectivity index (χ0) is 29.4. The molecular formula is C27H46NO10P. The van der Waals surface area contributed by atoms with Gasteiger partial charge in [-0.2, -0.15) is 0 Å². The average Bonchev–Trinajstić information content (AvgIpc) is 2.89. The Balaban J connectivity index is 4.02. The predicted molar refractivity (Wildman–Crippen MR) is 148 cm³/mol. The molecule has 0 bridgehead atoms. The average molecular weight is 576 g/mol. The molecule has 224 valence electrons. The molecule has 0 aromatic carbocycles. The summed E-state index contributed by atoms with van der Waals surface area (Å²) >= 11 is 0. The minimum atomic E-state index is -4.72. The highest BCUT2D eigenvalue weighted by atomic mass is 31.2. The number of rotatable bonds is 24. The number of carbonyl (C=O) groups excluding carboxylic acids is 2. The maximum atomic E-state index is 12.0. The van der Waals surface area contributed by atoms with E-state index in [0.717, 1.165) is 44.9 Å². The molecule has 0 radical (unpaired) electrons. The van der Waals surface area contributed by atoms with Crippen molar-refractivity contribution in [3.8, 4) is 0 Å². The Kier molecular flexibility index (Phi) is 22.2. The molecule has 1 amide bonds. The van der Waals surface area contributed by atoms with Gasteiger partial charge in [0.25, 0.3) is 0 Å². The Morgan fingerprint density at radius 2 is 1.49 bits per heavy atom. The molecule has 4 N–H and O–H groups in total. The number of hydrogen-bond donors (Lipinski definition) is 4. The summed E-state index contributed by atoms with van der Waals surface area (Å²) in [5.41, 5.74) is 0. The monoisotopic (exact) mass is 575 g/mol. The van der Waals surface area contributed by atoms with Gasteiger partial charge in [0.05, 0.1) is 13.2 Å². The van der Waals surface area contributed by atoms with Gasteiger partial charge in [-0.15, -0.1) is 0 Å². The van der Waals surface area contributed by atoms with Gasteiger partial charge in [-0.25, -0.2) is 9.36 Å². The second-order valence-corrected chi connectivity index (χ2v) is 10.3. The molecule has 0 aliphatic rings. The number of aliphatic hydroxyl groups is 1. The lowest BCUT2D eigenvalue weighted by Crippen LogP contribution is -2.43. The predicted octanol–water partition coefficient (Wildman–Crippen LogP) is 4.59. The summed E-state index contributed by atoms with van der Waals surface area (Å²) in [7, 11) is -4.72. The number of ether oxygens (including phenoxy) is 1. The van der Waals surface area contributed by atoms with Gasteiger partial charge in [0.15, 0.2) is 6.04 Å². The Morgan fingerprint density at radius 1 is 0.846 bits per heavy atom. The van der Waals surface area contributed by atoms with Crippen molar-refractivity contribution in [2.24, 2.45) is 0 Å². The topological polar surface area (TPSA) is 169 Å². The number of allylic oxidation sites excluding steroid dienone is 6. The number of carboxylic acid groups (broad SMARTS) is 1. The first-order valence-corrected chi connectivity index (χ1v) is 15.0. The summed E-state index contributed by atoms with van der Waals surface area (Å²) < 4.78 is 26.2. The molecule has 0 fully saturated rings. The van der Waals surface area contributed by atoms with Crippen molar-refractivity contribution in [3.05, 3.63) is 36.5 Å². The molecule has 0 saturated heterocycles. The fourth-order valence-corrected chi connectivity index (χ4v) is 3.78. The Bertz CT molecular complexity index is 827. The van der Waals surface area contributed by atoms with Crippen LogP contribution >= 0.6 is 7.82 Å². The van der Waals surface area contributed by atoms with Crippen molar-refractivity contribution in [1.29, 1.82) is 0 Å². The lowest BCUT2D eigenvalue weighted by molar-refractivity contribution is -0.147. The van der Waals surface area contributed by atoms with Gasteiger partial charge in [-0.1, -0.05) is 63.1 Å². The molecule has 0 aliphatic heterocycles. The summed E-state index contributed by atoms with van der Waals surface area (Å²) in [6, 6.07) is -1.54. The number of esters is 1. The SMILES string of the molecule is CC/C=C\C/C=C\C/C=C\CCCCCC(=O)OCC(O)COP(=O)(O)OCC(NC(=O)CCCC)C(=O)O. The van der Waals surface area contributed by atoms with Crippen LogP contribution in [0.5, 0.6) is 0 Å². The Hall–Kier alpha value is -2.30. The molecule has 0 saturated carbocycles. The van der Waals surface area contributed by atoms with Crippen molar-refractivity contribution in [1.82, 2.24) is 5.32 Å². The maximum absolute atomic E-state index is 12.0. The number of aliphatic carboxylic acids is 1. The first-order valence-electron chi connectivity index (χ1n) is 13.5. The van der Waals surface area contributed by atoms with Crippen molar-refractivity contribution < 1.29 is 47.8 Å². The lowest BCUT2D eigenvalue weighted by Gasteiger charge is -2.18. The standard InChI is InChI=1S/C27H46NO10P/c1-3-5-7-8-9-10-11-12-13-14-15-16-17-19-26(31)36-20-23(29)21-37-39(34,35)38-22-24(27(32)33)28-25(30)18-6-4-2/h5,7,9-10,12-13,23-24,29H,3-4,6,8,11,14-22H2,1-2H3,(H,28,30)(H,32,33)(H,34,35)/b7-5-,10-9-,13-12-. The van der Waals surface area contributed by atoms with E-state index in [1.807, 2.05) is 6.92 Å². The summed E-state index contributed by atoms with van der Waals surface area (Å²) in [4.78, 5) is 44.5. The van der Waals surface area contributed by atoms with Crippen LogP contribution in [0.2, 0.25) is 0 Å². The van der Waals surface area contributed by atoms with E-state index in [1.54, 1.807) is 0 Å². The molecule has 0 rings (SSSR count). The summed E-state index contributed by atoms with van der Waals surface area (Å²) in [5, 5.41) is 21.2. The fourth-order valence-electron chi connectivity index (χ4n) is 3.01. The van der Waals surface area contributed by atoms with Crippen LogP contribution in [0.4, 0.5) is 0 Å². The van der Waals surface area contributed by atoms with Crippen LogP contribution in [0, 0.1) is 0 Å². The second kappa shape index (κ2) is 23.6. The number of amides is 1. The van der Waals surface area contributed by atoms with Gasteiger partial charge < -0.3 is 25.2 Å². The third-order valence-corrected chi connectivity index (χ3v) is 6.14. The second-order valence-electron chi connectivity index (χ2n) is 8.85. The normalized spacial score (nSPS) is 15.0. The van der Waals surface area contributed by atoms with Crippen LogP contribution in [0.25, 0.3) is 0 Å². The first-order chi connectivity index (χ1) is 18.6. The van der Waals surface area contributed by atoms with E-state index >= 15 is 0 Å². The highest BCUT2D eigenvalue weighted by molar-refractivity contribution is 7.47. The van der Waals surface area contributed by atoms with Crippen molar-refractivity contribution in [2.75, 3.05) is 19.8 Å². The third-order valence-electron chi connectivity index (χ3n) is 5.19. The third kappa shape index (κ3) is 23.3. The minimum absolute atomic E-state index is 0.117. The smallest absolute Gasteiger partial charge is 0.472 e. The molecular weight excluding hydrogens is 529 g/mol. The zero-order valence-electron chi connectivity index (χ0n) is 23.2. The number of aliphatic hydroxyl groups excluding tert-OH is 1. The molecule has 0 aromatic rings. The van der Waals surface area contributed by atoms with Gasteiger partial charge in [-0.3, -0.25) is 18.6 Å². The Labute approximate surface area is 231 Å². The number of phosphoric acid groups is 1. The summed E-state index contributed by atoms with van der Waals surface area (Å²) in [6.45, 7) is 2.05. The van der Waals surface area contributed by atoms with E-state index in [1.165, 1.54) is 0 Å². The molecule has 3 atom stereocenters. The quantitative estimate of drug-likeness (QED) is 0.0552. The highest BCUT2D eigenvalue weighted by Crippen LogP contribution is 2.43. The number of carboxylic acids is 1. The van der Waals surface area contributed by atoms with E-state index in [0.29, 0.717) is 12.8 Å². The van der Waals surface area contributed by atoms with Crippen LogP contribution in [-0.2, 0) is 32.7 Å². The van der Waals surface area contributed by atoms with Crippen molar-refractivity contribution in [3.63, 3.8) is 0 Å². The van der Waals surface area contributed by atoms with Gasteiger partial charge in [0.1, 0.15) is 12.7 Å². The van der Waals surface area contributed by atoms with E-state index in [2.05, 4.69) is 57.7 Å². The summed E-state index contributed by atoms with van der Waals surface area (Å²) in [5.74, 6) is -2.47.